The first-order valence-electron chi connectivity index (χ1n) is 7.63. The van der Waals surface area contributed by atoms with Crippen molar-refractivity contribution in [3.63, 3.8) is 0 Å². The predicted molar refractivity (Wildman–Crippen MR) is 83.4 cm³/mol. The summed E-state index contributed by atoms with van der Waals surface area (Å²) in [7, 11) is -3.33. The summed E-state index contributed by atoms with van der Waals surface area (Å²) in [5, 5.41) is 1.80. The van der Waals surface area contributed by atoms with Crippen LogP contribution < -0.4 is 0 Å². The third-order valence-electron chi connectivity index (χ3n) is 4.25. The largest absolute Gasteiger partial charge is 0.417 e. The van der Waals surface area contributed by atoms with Gasteiger partial charge in [-0.25, -0.2) is 8.42 Å². The molecule has 0 bridgehead atoms. The van der Waals surface area contributed by atoms with Crippen LogP contribution in [0.4, 0.5) is 13.2 Å². The Labute approximate surface area is 142 Å². The molecule has 0 radical (unpaired) electrons. The van der Waals surface area contributed by atoms with Crippen molar-refractivity contribution in [1.29, 1.82) is 0 Å². The first-order chi connectivity index (χ1) is 11.2. The van der Waals surface area contributed by atoms with Crippen LogP contribution in [0.15, 0.2) is 10.8 Å². The van der Waals surface area contributed by atoms with Crippen molar-refractivity contribution in [3.8, 4) is 0 Å². The summed E-state index contributed by atoms with van der Waals surface area (Å²) in [5.41, 5.74) is -1.28. The van der Waals surface area contributed by atoms with Crippen LogP contribution in [0.3, 0.4) is 0 Å². The van der Waals surface area contributed by atoms with Crippen molar-refractivity contribution in [2.75, 3.05) is 26.2 Å². The number of amides is 1. The minimum absolute atomic E-state index is 0.109. The number of rotatable bonds is 3. The minimum atomic E-state index is -4.57. The van der Waals surface area contributed by atoms with Crippen LogP contribution in [0.5, 0.6) is 0 Å². The lowest BCUT2D eigenvalue weighted by atomic mass is 10.1. The molecule has 1 saturated carbocycles. The molecule has 1 saturated heterocycles. The smallest absolute Gasteiger partial charge is 0.337 e. The maximum atomic E-state index is 13.0. The molecule has 2 fully saturated rings. The predicted octanol–water partition coefficient (Wildman–Crippen LogP) is 2.41. The monoisotopic (exact) mass is 382 g/mol. The quantitative estimate of drug-likeness (QED) is 0.807. The molecule has 1 aliphatic heterocycles. The van der Waals surface area contributed by atoms with Crippen molar-refractivity contribution < 1.29 is 26.4 Å². The normalized spacial score (nSPS) is 20.9. The maximum Gasteiger partial charge on any atom is 0.417 e. The van der Waals surface area contributed by atoms with Crippen molar-refractivity contribution in [3.05, 3.63) is 21.9 Å². The molecule has 0 spiro atoms. The van der Waals surface area contributed by atoms with Gasteiger partial charge in [-0.15, -0.1) is 0 Å². The summed E-state index contributed by atoms with van der Waals surface area (Å²) in [5.74, 6) is -0.686. The molecule has 10 heteroatoms. The van der Waals surface area contributed by atoms with Gasteiger partial charge in [0, 0.05) is 36.9 Å². The highest BCUT2D eigenvalue weighted by molar-refractivity contribution is 7.90. The highest BCUT2D eigenvalue weighted by atomic mass is 32.2. The minimum Gasteiger partial charge on any atom is -0.337 e. The number of nitrogens with zero attached hydrogens (tertiary/aromatic N) is 2. The number of sulfonamides is 1. The number of thiophene rings is 1. The van der Waals surface area contributed by atoms with Gasteiger partial charge in [0.25, 0.3) is 5.91 Å². The molecule has 5 nitrogen and oxygen atoms in total. The Morgan fingerprint density at radius 1 is 1.12 bits per heavy atom. The number of alkyl halides is 3. The second kappa shape index (κ2) is 6.30. The zero-order valence-electron chi connectivity index (χ0n) is 12.8. The summed E-state index contributed by atoms with van der Waals surface area (Å²) >= 11 is 0.834. The van der Waals surface area contributed by atoms with Crippen LogP contribution in [0.2, 0.25) is 0 Å². The molecule has 3 rings (SSSR count). The Hall–Kier alpha value is -1.13. The van der Waals surface area contributed by atoms with Crippen LogP contribution in [0.25, 0.3) is 0 Å². The van der Waals surface area contributed by atoms with Crippen LogP contribution >= 0.6 is 11.3 Å². The van der Waals surface area contributed by atoms with Crippen LogP contribution in [-0.4, -0.2) is 55.0 Å². The summed E-state index contributed by atoms with van der Waals surface area (Å²) in [4.78, 5) is 13.8. The van der Waals surface area contributed by atoms with E-state index in [1.165, 1.54) is 14.6 Å². The zero-order chi connectivity index (χ0) is 17.5. The summed E-state index contributed by atoms with van der Waals surface area (Å²) in [6, 6.07) is 0. The van der Waals surface area contributed by atoms with Gasteiger partial charge in [0.05, 0.1) is 16.4 Å². The topological polar surface area (TPSA) is 57.7 Å². The number of hydrogen-bond acceptors (Lipinski definition) is 4. The first kappa shape index (κ1) is 17.7. The standard InChI is InChI=1S/C14H17F3N2O3S2/c15-14(16,17)12-9-23-8-11(12)13(20)18-4-1-5-19(7-6-18)24(21,22)10-2-3-10/h8-10H,1-7H2. The molecule has 2 heterocycles. The Bertz CT molecular complexity index is 726. The molecule has 24 heavy (non-hydrogen) atoms. The Kier molecular flexibility index (Phi) is 4.65. The fraction of sp³-hybridized carbons (Fsp3) is 0.643. The average molecular weight is 382 g/mol. The van der Waals surface area contributed by atoms with E-state index in [0.717, 1.165) is 16.7 Å². The number of carbonyl (C=O) groups excluding carboxylic acids is 1. The van der Waals surface area contributed by atoms with Crippen molar-refractivity contribution in [2.24, 2.45) is 0 Å². The third kappa shape index (κ3) is 3.45. The maximum absolute atomic E-state index is 13.0. The van der Waals surface area contributed by atoms with Crippen LogP contribution in [0, 0.1) is 0 Å². The zero-order valence-corrected chi connectivity index (χ0v) is 14.4. The van der Waals surface area contributed by atoms with Gasteiger partial charge in [-0.1, -0.05) is 0 Å². The van der Waals surface area contributed by atoms with Gasteiger partial charge in [0.1, 0.15) is 0 Å². The van der Waals surface area contributed by atoms with E-state index in [2.05, 4.69) is 0 Å². The number of hydrogen-bond donors (Lipinski definition) is 0. The lowest BCUT2D eigenvalue weighted by Crippen LogP contribution is -2.38. The number of halogens is 3. The molecule has 0 unspecified atom stereocenters. The Morgan fingerprint density at radius 2 is 1.83 bits per heavy atom. The lowest BCUT2D eigenvalue weighted by Gasteiger charge is -2.22. The molecule has 134 valence electrons. The first-order valence-corrected chi connectivity index (χ1v) is 10.1. The van der Waals surface area contributed by atoms with E-state index in [0.29, 0.717) is 25.8 Å². The van der Waals surface area contributed by atoms with E-state index in [4.69, 9.17) is 0 Å². The SMILES string of the molecule is O=C(c1cscc1C(F)(F)F)N1CCCN(S(=O)(=O)C2CC2)CC1. The van der Waals surface area contributed by atoms with Crippen molar-refractivity contribution in [2.45, 2.75) is 30.7 Å². The highest BCUT2D eigenvalue weighted by Gasteiger charge is 2.41. The van der Waals surface area contributed by atoms with E-state index in [9.17, 15) is 26.4 Å². The summed E-state index contributed by atoms with van der Waals surface area (Å²) < 4.78 is 64.8. The fourth-order valence-electron chi connectivity index (χ4n) is 2.78. The van der Waals surface area contributed by atoms with Gasteiger partial charge in [0.15, 0.2) is 0 Å². The molecular formula is C14H17F3N2O3S2. The van der Waals surface area contributed by atoms with E-state index in [1.54, 1.807) is 0 Å². The van der Waals surface area contributed by atoms with E-state index >= 15 is 0 Å². The molecule has 1 aromatic rings. The molecule has 0 atom stereocenters. The molecular weight excluding hydrogens is 365 g/mol. The van der Waals surface area contributed by atoms with Gasteiger partial charge in [-0.2, -0.15) is 28.8 Å². The number of carbonyl (C=O) groups is 1. The van der Waals surface area contributed by atoms with Crippen LogP contribution in [-0.2, 0) is 16.2 Å². The van der Waals surface area contributed by atoms with Gasteiger partial charge < -0.3 is 4.90 Å². The molecule has 1 aromatic heterocycles. The Morgan fingerprint density at radius 3 is 2.46 bits per heavy atom. The van der Waals surface area contributed by atoms with Crippen molar-refractivity contribution in [1.82, 2.24) is 9.21 Å². The second-order valence-electron chi connectivity index (χ2n) is 5.99. The van der Waals surface area contributed by atoms with Crippen molar-refractivity contribution >= 4 is 27.3 Å². The molecule has 1 aliphatic carbocycles. The molecule has 0 N–H and O–H groups in total. The average Bonchev–Trinajstić information content (AvgIpc) is 3.28. The summed E-state index contributed by atoms with van der Waals surface area (Å²) in [6.07, 6.45) is -2.84. The lowest BCUT2D eigenvalue weighted by molar-refractivity contribution is -0.137. The van der Waals surface area contributed by atoms with Gasteiger partial charge in [0.2, 0.25) is 10.0 Å². The summed E-state index contributed by atoms with van der Waals surface area (Å²) in [6.45, 7) is 0.801. The van der Waals surface area contributed by atoms with Gasteiger partial charge in [-0.3, -0.25) is 4.79 Å². The molecule has 1 amide bonds. The second-order valence-corrected chi connectivity index (χ2v) is 8.94. The Balaban J connectivity index is 1.72. The van der Waals surface area contributed by atoms with E-state index in [-0.39, 0.29) is 30.4 Å². The molecule has 0 aromatic carbocycles. The van der Waals surface area contributed by atoms with E-state index < -0.39 is 27.7 Å². The third-order valence-corrected chi connectivity index (χ3v) is 7.39. The highest BCUT2D eigenvalue weighted by Crippen LogP contribution is 2.35. The molecule has 2 aliphatic rings. The van der Waals surface area contributed by atoms with Gasteiger partial charge >= 0.3 is 6.18 Å². The van der Waals surface area contributed by atoms with E-state index in [1.807, 2.05) is 0 Å². The van der Waals surface area contributed by atoms with Crippen LogP contribution in [0.1, 0.15) is 35.2 Å². The van der Waals surface area contributed by atoms with Gasteiger partial charge in [-0.05, 0) is 19.3 Å². The fourth-order valence-corrected chi connectivity index (χ4v) is 5.48.